The number of rotatable bonds is 6. The van der Waals surface area contributed by atoms with Crippen molar-refractivity contribution in [3.05, 3.63) is 29.8 Å². The molecule has 0 saturated carbocycles. The second-order valence-corrected chi connectivity index (χ2v) is 3.06. The first kappa shape index (κ1) is 11.5. The highest BCUT2D eigenvalue weighted by molar-refractivity contribution is 5.67. The average Bonchev–Trinajstić information content (AvgIpc) is 2.20. The molecule has 0 aliphatic rings. The number of carboxylic acids is 1. The molecule has 0 heterocycles. The Balaban J connectivity index is 2.21. The van der Waals surface area contributed by atoms with Crippen LogP contribution >= 0.6 is 0 Å². The molecule has 15 heavy (non-hydrogen) atoms. The monoisotopic (exact) mass is 210 g/mol. The van der Waals surface area contributed by atoms with Gasteiger partial charge in [0.25, 0.3) is 0 Å². The molecule has 0 spiro atoms. The normalized spacial score (nSPS) is 9.93. The van der Waals surface area contributed by atoms with Gasteiger partial charge < -0.3 is 14.6 Å². The average molecular weight is 210 g/mol. The van der Waals surface area contributed by atoms with E-state index >= 15 is 0 Å². The van der Waals surface area contributed by atoms with Crippen LogP contribution in [0.1, 0.15) is 5.56 Å². The molecule has 0 atom stereocenters. The maximum atomic E-state index is 10.1. The van der Waals surface area contributed by atoms with Crippen molar-refractivity contribution < 1.29 is 19.4 Å². The van der Waals surface area contributed by atoms with Gasteiger partial charge in [-0.1, -0.05) is 18.2 Å². The van der Waals surface area contributed by atoms with Crippen molar-refractivity contribution in [2.45, 2.75) is 6.92 Å². The second-order valence-electron chi connectivity index (χ2n) is 3.06. The molecule has 1 rings (SSSR count). The van der Waals surface area contributed by atoms with E-state index in [1.807, 2.05) is 31.2 Å². The van der Waals surface area contributed by atoms with Gasteiger partial charge in [-0.25, -0.2) is 4.79 Å². The zero-order valence-electron chi connectivity index (χ0n) is 8.60. The Morgan fingerprint density at radius 3 is 2.73 bits per heavy atom. The number of carbonyl (C=O) groups is 1. The van der Waals surface area contributed by atoms with E-state index in [2.05, 4.69) is 0 Å². The van der Waals surface area contributed by atoms with Gasteiger partial charge in [0.05, 0.1) is 6.61 Å². The minimum atomic E-state index is -0.967. The molecule has 1 aromatic carbocycles. The standard InChI is InChI=1S/C11H14O4/c1-9-4-2-3-5-10(9)15-7-6-14-8-11(12)13/h2-5H,6-8H2,1H3,(H,12,13). The first-order valence-corrected chi connectivity index (χ1v) is 4.68. The number of benzene rings is 1. The summed E-state index contributed by atoms with van der Waals surface area (Å²) in [5.74, 6) is -0.165. The highest BCUT2D eigenvalue weighted by Crippen LogP contribution is 2.15. The predicted molar refractivity (Wildman–Crippen MR) is 55.1 cm³/mol. The molecule has 1 aromatic rings. The Morgan fingerprint density at radius 2 is 2.07 bits per heavy atom. The van der Waals surface area contributed by atoms with Crippen molar-refractivity contribution in [1.82, 2.24) is 0 Å². The summed E-state index contributed by atoms with van der Waals surface area (Å²) < 4.78 is 10.2. The van der Waals surface area contributed by atoms with Crippen LogP contribution in [-0.4, -0.2) is 30.9 Å². The van der Waals surface area contributed by atoms with Crippen LogP contribution in [0.15, 0.2) is 24.3 Å². The molecular formula is C11H14O4. The summed E-state index contributed by atoms with van der Waals surface area (Å²) in [6.45, 7) is 2.31. The van der Waals surface area contributed by atoms with E-state index in [1.165, 1.54) is 0 Å². The van der Waals surface area contributed by atoms with Crippen LogP contribution in [0.4, 0.5) is 0 Å². The number of ether oxygens (including phenoxy) is 2. The molecule has 4 heteroatoms. The van der Waals surface area contributed by atoms with Crippen LogP contribution in [0, 0.1) is 6.92 Å². The number of carboxylic acid groups (broad SMARTS) is 1. The summed E-state index contributed by atoms with van der Waals surface area (Å²) >= 11 is 0. The van der Waals surface area contributed by atoms with Crippen molar-refractivity contribution in [3.8, 4) is 5.75 Å². The third kappa shape index (κ3) is 4.46. The van der Waals surface area contributed by atoms with Gasteiger partial charge in [-0.05, 0) is 18.6 Å². The summed E-state index contributed by atoms with van der Waals surface area (Å²) in [5, 5.41) is 8.31. The first-order valence-electron chi connectivity index (χ1n) is 4.68. The minimum Gasteiger partial charge on any atom is -0.491 e. The van der Waals surface area contributed by atoms with Crippen molar-refractivity contribution in [2.75, 3.05) is 19.8 Å². The Bertz CT molecular complexity index is 322. The van der Waals surface area contributed by atoms with Gasteiger partial charge in [0, 0.05) is 0 Å². The lowest BCUT2D eigenvalue weighted by atomic mass is 10.2. The molecule has 0 aliphatic heterocycles. The van der Waals surface area contributed by atoms with E-state index in [-0.39, 0.29) is 13.2 Å². The largest absolute Gasteiger partial charge is 0.491 e. The van der Waals surface area contributed by atoms with Crippen LogP contribution in [-0.2, 0) is 9.53 Å². The molecule has 0 radical (unpaired) electrons. The van der Waals surface area contributed by atoms with Crippen LogP contribution in [0.2, 0.25) is 0 Å². The maximum Gasteiger partial charge on any atom is 0.329 e. The third-order valence-electron chi connectivity index (χ3n) is 1.80. The molecule has 0 unspecified atom stereocenters. The zero-order chi connectivity index (χ0) is 11.1. The van der Waals surface area contributed by atoms with E-state index in [4.69, 9.17) is 14.6 Å². The smallest absolute Gasteiger partial charge is 0.329 e. The van der Waals surface area contributed by atoms with Crippen LogP contribution in [0.25, 0.3) is 0 Å². The fourth-order valence-corrected chi connectivity index (χ4v) is 1.09. The number of aryl methyl sites for hydroxylation is 1. The fourth-order valence-electron chi connectivity index (χ4n) is 1.09. The van der Waals surface area contributed by atoms with Crippen molar-refractivity contribution in [3.63, 3.8) is 0 Å². The van der Waals surface area contributed by atoms with E-state index < -0.39 is 5.97 Å². The minimum absolute atomic E-state index is 0.278. The quantitative estimate of drug-likeness (QED) is 0.722. The third-order valence-corrected chi connectivity index (χ3v) is 1.80. The summed E-state index contributed by atoms with van der Waals surface area (Å²) in [4.78, 5) is 10.1. The van der Waals surface area contributed by atoms with E-state index in [9.17, 15) is 4.79 Å². The maximum absolute atomic E-state index is 10.1. The molecular weight excluding hydrogens is 196 g/mol. The number of hydrogen-bond acceptors (Lipinski definition) is 3. The molecule has 0 fully saturated rings. The molecule has 0 amide bonds. The summed E-state index contributed by atoms with van der Waals surface area (Å²) in [7, 11) is 0. The van der Waals surface area contributed by atoms with E-state index in [0.29, 0.717) is 6.61 Å². The van der Waals surface area contributed by atoms with E-state index in [0.717, 1.165) is 11.3 Å². The number of aliphatic carboxylic acids is 1. The fraction of sp³-hybridized carbons (Fsp3) is 0.364. The topological polar surface area (TPSA) is 55.8 Å². The Hall–Kier alpha value is -1.55. The SMILES string of the molecule is Cc1ccccc1OCCOCC(=O)O. The van der Waals surface area contributed by atoms with E-state index in [1.54, 1.807) is 0 Å². The molecule has 82 valence electrons. The molecule has 0 aliphatic carbocycles. The lowest BCUT2D eigenvalue weighted by Gasteiger charge is -2.08. The number of para-hydroxylation sites is 1. The Kier molecular flexibility index (Phi) is 4.63. The van der Waals surface area contributed by atoms with Crippen LogP contribution < -0.4 is 4.74 Å². The predicted octanol–water partition coefficient (Wildman–Crippen LogP) is 1.48. The molecule has 0 aromatic heterocycles. The molecule has 0 bridgehead atoms. The van der Waals surface area contributed by atoms with Gasteiger partial charge in [0.1, 0.15) is 19.0 Å². The van der Waals surface area contributed by atoms with Gasteiger partial charge in [-0.15, -0.1) is 0 Å². The first-order chi connectivity index (χ1) is 7.20. The number of hydrogen-bond donors (Lipinski definition) is 1. The lowest BCUT2D eigenvalue weighted by molar-refractivity contribution is -0.142. The Morgan fingerprint density at radius 1 is 1.33 bits per heavy atom. The Labute approximate surface area is 88.4 Å². The van der Waals surface area contributed by atoms with Crippen molar-refractivity contribution >= 4 is 5.97 Å². The van der Waals surface area contributed by atoms with Gasteiger partial charge >= 0.3 is 5.97 Å². The zero-order valence-corrected chi connectivity index (χ0v) is 8.60. The van der Waals surface area contributed by atoms with Crippen LogP contribution in [0.3, 0.4) is 0 Å². The molecule has 0 saturated heterocycles. The van der Waals surface area contributed by atoms with Gasteiger partial charge in [0.15, 0.2) is 0 Å². The summed E-state index contributed by atoms with van der Waals surface area (Å²) in [6.07, 6.45) is 0. The molecule has 4 nitrogen and oxygen atoms in total. The van der Waals surface area contributed by atoms with Crippen molar-refractivity contribution in [2.24, 2.45) is 0 Å². The summed E-state index contributed by atoms with van der Waals surface area (Å²) in [6, 6.07) is 7.64. The summed E-state index contributed by atoms with van der Waals surface area (Å²) in [5.41, 5.74) is 1.05. The second kappa shape index (κ2) is 6.03. The van der Waals surface area contributed by atoms with Gasteiger partial charge in [0.2, 0.25) is 0 Å². The molecule has 1 N–H and O–H groups in total. The van der Waals surface area contributed by atoms with Gasteiger partial charge in [-0.2, -0.15) is 0 Å². The van der Waals surface area contributed by atoms with Crippen molar-refractivity contribution in [1.29, 1.82) is 0 Å². The van der Waals surface area contributed by atoms with Crippen LogP contribution in [0.5, 0.6) is 5.75 Å². The van der Waals surface area contributed by atoms with Gasteiger partial charge in [-0.3, -0.25) is 0 Å². The highest BCUT2D eigenvalue weighted by atomic mass is 16.5. The highest BCUT2D eigenvalue weighted by Gasteiger charge is 1.98. The lowest BCUT2D eigenvalue weighted by Crippen LogP contribution is -2.12.